The molecule has 132 valence electrons. The molecule has 6 nitrogen and oxygen atoms in total. The quantitative estimate of drug-likeness (QED) is 0.832. The van der Waals surface area contributed by atoms with Crippen LogP contribution in [0.2, 0.25) is 0 Å². The van der Waals surface area contributed by atoms with E-state index in [1.165, 1.54) is 26.2 Å². The highest BCUT2D eigenvalue weighted by Gasteiger charge is 2.19. The first-order valence-corrected chi connectivity index (χ1v) is 9.09. The third kappa shape index (κ3) is 4.52. The van der Waals surface area contributed by atoms with Crippen LogP contribution in [-0.2, 0) is 14.8 Å². The molecule has 2 rings (SSSR count). The van der Waals surface area contributed by atoms with Gasteiger partial charge < -0.3 is 5.32 Å². The van der Waals surface area contributed by atoms with Crippen molar-refractivity contribution in [3.63, 3.8) is 0 Å². The van der Waals surface area contributed by atoms with Crippen LogP contribution < -0.4 is 5.32 Å². The number of aryl methyl sites for hydroxylation is 1. The lowest BCUT2D eigenvalue weighted by atomic mass is 10.1. The van der Waals surface area contributed by atoms with Gasteiger partial charge in [-0.15, -0.1) is 0 Å². The van der Waals surface area contributed by atoms with E-state index >= 15 is 0 Å². The van der Waals surface area contributed by atoms with Gasteiger partial charge in [0.1, 0.15) is 0 Å². The van der Waals surface area contributed by atoms with Crippen molar-refractivity contribution in [2.24, 2.45) is 0 Å². The molecule has 0 bridgehead atoms. The number of hydrogen-bond acceptors (Lipinski definition) is 4. The van der Waals surface area contributed by atoms with Gasteiger partial charge >= 0.3 is 0 Å². The molecule has 1 N–H and O–H groups in total. The molecule has 0 saturated carbocycles. The Morgan fingerprint density at radius 1 is 1.20 bits per heavy atom. The number of benzene rings is 1. The Morgan fingerprint density at radius 2 is 1.92 bits per heavy atom. The van der Waals surface area contributed by atoms with E-state index in [9.17, 15) is 13.2 Å². The van der Waals surface area contributed by atoms with E-state index in [0.29, 0.717) is 11.4 Å². The third-order valence-corrected chi connectivity index (χ3v) is 5.56. The van der Waals surface area contributed by atoms with Gasteiger partial charge in [-0.25, -0.2) is 12.7 Å². The zero-order chi connectivity index (χ0) is 18.6. The molecule has 0 aliphatic heterocycles. The minimum absolute atomic E-state index is 0.143. The van der Waals surface area contributed by atoms with E-state index in [1.54, 1.807) is 30.5 Å². The smallest absolute Gasteiger partial charge is 0.248 e. The summed E-state index contributed by atoms with van der Waals surface area (Å²) in [6.45, 7) is 3.64. The number of nitrogens with zero attached hydrogens (tertiary/aromatic N) is 2. The van der Waals surface area contributed by atoms with E-state index < -0.39 is 10.0 Å². The van der Waals surface area contributed by atoms with Gasteiger partial charge in [0.15, 0.2) is 0 Å². The lowest BCUT2D eigenvalue weighted by molar-refractivity contribution is -0.111. The van der Waals surface area contributed by atoms with Gasteiger partial charge in [-0.3, -0.25) is 9.78 Å². The average Bonchev–Trinajstić information content (AvgIpc) is 2.57. The standard InChI is InChI=1S/C18H21N3O3S/c1-13-11-16(25(23,24)21(3)4)12-17(14(13)2)20-18(22)9-8-15-7-5-6-10-19-15/h5-12H,1-4H3,(H,20,22)/b9-8+. The number of rotatable bonds is 5. The largest absolute Gasteiger partial charge is 0.322 e. The second-order valence-electron chi connectivity index (χ2n) is 5.78. The van der Waals surface area contributed by atoms with Crippen LogP contribution in [0.25, 0.3) is 6.08 Å². The maximum absolute atomic E-state index is 12.3. The van der Waals surface area contributed by atoms with Crippen molar-refractivity contribution in [2.75, 3.05) is 19.4 Å². The van der Waals surface area contributed by atoms with Gasteiger partial charge in [-0.2, -0.15) is 0 Å². The average molecular weight is 359 g/mol. The molecule has 0 saturated heterocycles. The van der Waals surface area contributed by atoms with Gasteiger partial charge in [-0.05, 0) is 55.3 Å². The Labute approximate surface area is 148 Å². The number of aromatic nitrogens is 1. The number of carbonyl (C=O) groups excluding carboxylic acids is 1. The van der Waals surface area contributed by atoms with Crippen molar-refractivity contribution >= 4 is 27.7 Å². The zero-order valence-corrected chi connectivity index (χ0v) is 15.5. The zero-order valence-electron chi connectivity index (χ0n) is 14.6. The fraction of sp³-hybridized carbons (Fsp3) is 0.222. The molecule has 0 aliphatic carbocycles. The molecule has 7 heteroatoms. The summed E-state index contributed by atoms with van der Waals surface area (Å²) in [6.07, 6.45) is 4.60. The van der Waals surface area contributed by atoms with Crippen molar-refractivity contribution in [1.29, 1.82) is 0 Å². The summed E-state index contributed by atoms with van der Waals surface area (Å²) in [6, 6.07) is 8.48. The van der Waals surface area contributed by atoms with Crippen LogP contribution in [-0.4, -0.2) is 37.7 Å². The Bertz CT molecular complexity index is 905. The summed E-state index contributed by atoms with van der Waals surface area (Å²) in [4.78, 5) is 16.4. The van der Waals surface area contributed by atoms with Crippen molar-refractivity contribution in [1.82, 2.24) is 9.29 Å². The first-order valence-electron chi connectivity index (χ1n) is 7.65. The van der Waals surface area contributed by atoms with Crippen LogP contribution in [0.15, 0.2) is 47.5 Å². The van der Waals surface area contributed by atoms with E-state index in [2.05, 4.69) is 10.3 Å². The highest BCUT2D eigenvalue weighted by atomic mass is 32.2. The summed E-state index contributed by atoms with van der Waals surface area (Å²) in [5, 5.41) is 2.74. The molecule has 25 heavy (non-hydrogen) atoms. The topological polar surface area (TPSA) is 79.4 Å². The van der Waals surface area contributed by atoms with Crippen LogP contribution in [0.1, 0.15) is 16.8 Å². The maximum atomic E-state index is 12.3. The van der Waals surface area contributed by atoms with Gasteiger partial charge in [0, 0.05) is 32.1 Å². The second kappa shape index (κ2) is 7.58. The van der Waals surface area contributed by atoms with Crippen molar-refractivity contribution in [3.05, 3.63) is 59.4 Å². The molecule has 1 amide bonds. The molecular formula is C18H21N3O3S. The second-order valence-corrected chi connectivity index (χ2v) is 7.93. The first kappa shape index (κ1) is 18.8. The van der Waals surface area contributed by atoms with Crippen molar-refractivity contribution < 1.29 is 13.2 Å². The predicted molar refractivity (Wildman–Crippen MR) is 98.7 cm³/mol. The summed E-state index contributed by atoms with van der Waals surface area (Å²) < 4.78 is 25.8. The monoisotopic (exact) mass is 359 g/mol. The van der Waals surface area contributed by atoms with Gasteiger partial charge in [0.05, 0.1) is 10.6 Å². The molecule has 0 fully saturated rings. The van der Waals surface area contributed by atoms with Crippen LogP contribution >= 0.6 is 0 Å². The lowest BCUT2D eigenvalue weighted by Crippen LogP contribution is -2.22. The van der Waals surface area contributed by atoms with Crippen LogP contribution in [0, 0.1) is 13.8 Å². The summed E-state index contributed by atoms with van der Waals surface area (Å²) >= 11 is 0. The van der Waals surface area contributed by atoms with E-state index in [-0.39, 0.29) is 10.8 Å². The number of carbonyl (C=O) groups is 1. The highest BCUT2D eigenvalue weighted by Crippen LogP contribution is 2.25. The summed E-state index contributed by atoms with van der Waals surface area (Å²) in [5.74, 6) is -0.354. The fourth-order valence-corrected chi connectivity index (χ4v) is 3.14. The lowest BCUT2D eigenvalue weighted by Gasteiger charge is -2.16. The first-order chi connectivity index (χ1) is 11.7. The molecular weight excluding hydrogens is 338 g/mol. The number of sulfonamides is 1. The van der Waals surface area contributed by atoms with E-state index in [0.717, 1.165) is 15.4 Å². The number of anilines is 1. The molecule has 0 radical (unpaired) electrons. The number of nitrogens with one attached hydrogen (secondary N) is 1. The number of amides is 1. The summed E-state index contributed by atoms with van der Waals surface area (Å²) in [5.41, 5.74) is 2.73. The SMILES string of the molecule is Cc1cc(S(=O)(=O)N(C)C)cc(NC(=O)/C=C/c2ccccn2)c1C. The van der Waals surface area contributed by atoms with Gasteiger partial charge in [-0.1, -0.05) is 6.07 Å². The predicted octanol–water partition coefficient (Wildman–Crippen LogP) is 2.60. The minimum atomic E-state index is -3.58. The Morgan fingerprint density at radius 3 is 2.52 bits per heavy atom. The van der Waals surface area contributed by atoms with Gasteiger partial charge in [0.25, 0.3) is 0 Å². The fourth-order valence-electron chi connectivity index (χ4n) is 2.13. The molecule has 2 aromatic rings. The third-order valence-electron chi connectivity index (χ3n) is 3.77. The van der Waals surface area contributed by atoms with Gasteiger partial charge in [0.2, 0.25) is 15.9 Å². The van der Waals surface area contributed by atoms with Crippen LogP contribution in [0.5, 0.6) is 0 Å². The Hall–Kier alpha value is -2.51. The van der Waals surface area contributed by atoms with E-state index in [4.69, 9.17) is 0 Å². The van der Waals surface area contributed by atoms with E-state index in [1.807, 2.05) is 19.9 Å². The van der Waals surface area contributed by atoms with Crippen molar-refractivity contribution in [3.8, 4) is 0 Å². The normalized spacial score (nSPS) is 11.9. The van der Waals surface area contributed by atoms with Crippen LogP contribution in [0.4, 0.5) is 5.69 Å². The summed E-state index contributed by atoms with van der Waals surface area (Å²) in [7, 11) is -0.634. The molecule has 0 unspecified atom stereocenters. The molecule has 0 atom stereocenters. The molecule has 0 aliphatic rings. The Kier molecular flexibility index (Phi) is 5.71. The minimum Gasteiger partial charge on any atom is -0.322 e. The molecule has 1 aromatic heterocycles. The Balaban J connectivity index is 2.28. The molecule has 1 aromatic carbocycles. The number of pyridine rings is 1. The number of hydrogen-bond donors (Lipinski definition) is 1. The molecule has 1 heterocycles. The van der Waals surface area contributed by atoms with Crippen molar-refractivity contribution in [2.45, 2.75) is 18.7 Å². The highest BCUT2D eigenvalue weighted by molar-refractivity contribution is 7.89. The molecule has 0 spiro atoms. The maximum Gasteiger partial charge on any atom is 0.248 e. The van der Waals surface area contributed by atoms with Crippen LogP contribution in [0.3, 0.4) is 0 Å².